The molecule has 2 unspecified atom stereocenters. The Morgan fingerprint density at radius 2 is 1.72 bits per heavy atom. The van der Waals surface area contributed by atoms with Crippen molar-refractivity contribution in [2.45, 2.75) is 56.8 Å². The zero-order valence-corrected chi connectivity index (χ0v) is 17.9. The predicted octanol–water partition coefficient (Wildman–Crippen LogP) is 5.87. The average Bonchev–Trinajstić information content (AvgIpc) is 3.06. The van der Waals surface area contributed by atoms with E-state index < -0.39 is 0 Å². The summed E-state index contributed by atoms with van der Waals surface area (Å²) in [6.07, 6.45) is 5.79. The van der Waals surface area contributed by atoms with Gasteiger partial charge in [0, 0.05) is 34.8 Å². The maximum absolute atomic E-state index is 13.0. The third kappa shape index (κ3) is 3.81. The van der Waals surface area contributed by atoms with Gasteiger partial charge in [0.05, 0.1) is 5.02 Å². The number of halogens is 1. The lowest BCUT2D eigenvalue weighted by Gasteiger charge is -2.49. The highest BCUT2D eigenvalue weighted by molar-refractivity contribution is 7.21. The summed E-state index contributed by atoms with van der Waals surface area (Å²) in [4.78, 5) is 16.3. The van der Waals surface area contributed by atoms with Crippen LogP contribution in [0.5, 0.6) is 0 Å². The van der Waals surface area contributed by atoms with Crippen LogP contribution in [0.3, 0.4) is 0 Å². The monoisotopic (exact) mass is 424 g/mol. The molecular formula is C24H25ClN2OS. The second-order valence-corrected chi connectivity index (χ2v) is 9.71. The molecule has 2 atom stereocenters. The molecular weight excluding hydrogens is 400 g/mol. The average molecular weight is 425 g/mol. The molecule has 2 saturated heterocycles. The van der Waals surface area contributed by atoms with Crippen molar-refractivity contribution >= 4 is 38.9 Å². The van der Waals surface area contributed by atoms with Crippen LogP contribution in [0.25, 0.3) is 10.1 Å². The van der Waals surface area contributed by atoms with E-state index in [1.807, 2.05) is 24.3 Å². The first kappa shape index (κ1) is 19.1. The van der Waals surface area contributed by atoms with E-state index >= 15 is 0 Å². The molecule has 3 nitrogen and oxygen atoms in total. The van der Waals surface area contributed by atoms with Crippen LogP contribution in [-0.2, 0) is 6.54 Å². The molecule has 29 heavy (non-hydrogen) atoms. The number of fused-ring (bicyclic) bond motifs is 3. The topological polar surface area (TPSA) is 32.3 Å². The molecule has 0 saturated carbocycles. The van der Waals surface area contributed by atoms with Crippen LogP contribution in [0.2, 0.25) is 5.02 Å². The minimum absolute atomic E-state index is 0.0178. The molecule has 2 aromatic carbocycles. The van der Waals surface area contributed by atoms with Crippen LogP contribution in [0.15, 0.2) is 54.6 Å². The van der Waals surface area contributed by atoms with Gasteiger partial charge in [-0.2, -0.15) is 0 Å². The first-order valence-electron chi connectivity index (χ1n) is 10.5. The fourth-order valence-corrected chi connectivity index (χ4v) is 6.48. The van der Waals surface area contributed by atoms with Crippen molar-refractivity contribution in [3.8, 4) is 0 Å². The fourth-order valence-electron chi connectivity index (χ4n) is 5.06. The van der Waals surface area contributed by atoms with Crippen molar-refractivity contribution in [1.82, 2.24) is 10.2 Å². The number of carbonyl (C=O) groups excluding carboxylic acids is 1. The number of hydrogen-bond donors (Lipinski definition) is 1. The summed E-state index contributed by atoms with van der Waals surface area (Å²) in [7, 11) is 0. The molecule has 2 aliphatic rings. The highest BCUT2D eigenvalue weighted by atomic mass is 35.5. The summed E-state index contributed by atoms with van der Waals surface area (Å²) in [5.41, 5.74) is 1.38. The number of benzene rings is 2. The van der Waals surface area contributed by atoms with Gasteiger partial charge in [-0.05, 0) is 37.3 Å². The Hall–Kier alpha value is -1.88. The maximum Gasteiger partial charge on any atom is 0.263 e. The van der Waals surface area contributed by atoms with Gasteiger partial charge >= 0.3 is 0 Å². The normalized spacial score (nSPS) is 24.5. The minimum Gasteiger partial charge on any atom is -0.348 e. The quantitative estimate of drug-likeness (QED) is 0.568. The van der Waals surface area contributed by atoms with Crippen LogP contribution < -0.4 is 5.32 Å². The molecule has 5 heteroatoms. The summed E-state index contributed by atoms with van der Waals surface area (Å²) in [5, 5.41) is 4.87. The van der Waals surface area contributed by atoms with Gasteiger partial charge in [0.15, 0.2) is 0 Å². The lowest BCUT2D eigenvalue weighted by atomic mass is 9.81. The molecule has 0 aliphatic carbocycles. The van der Waals surface area contributed by atoms with Crippen LogP contribution in [0, 0.1) is 0 Å². The van der Waals surface area contributed by atoms with Gasteiger partial charge in [-0.1, -0.05) is 66.6 Å². The summed E-state index contributed by atoms with van der Waals surface area (Å²) in [6.45, 7) is 1.01. The van der Waals surface area contributed by atoms with Gasteiger partial charge < -0.3 is 5.32 Å². The van der Waals surface area contributed by atoms with Crippen LogP contribution in [0.4, 0.5) is 0 Å². The van der Waals surface area contributed by atoms with E-state index in [4.69, 9.17) is 11.6 Å². The molecule has 1 aromatic heterocycles. The standard InChI is InChI=1S/C24H25ClN2OS/c25-22-20-11-4-5-12-21(20)29-23(22)24(28)26-17-13-18-9-6-10-19(14-17)27(18)15-16-7-2-1-3-8-16/h1-5,7-8,11-12,17-19H,6,9-10,13-15H2,(H,26,28). The van der Waals surface area contributed by atoms with Crippen molar-refractivity contribution in [3.63, 3.8) is 0 Å². The fraction of sp³-hybridized carbons (Fsp3) is 0.375. The van der Waals surface area contributed by atoms with Gasteiger partial charge in [-0.3, -0.25) is 9.69 Å². The molecule has 2 fully saturated rings. The second kappa shape index (κ2) is 8.10. The second-order valence-electron chi connectivity index (χ2n) is 8.28. The molecule has 1 amide bonds. The zero-order chi connectivity index (χ0) is 19.8. The minimum atomic E-state index is -0.0178. The SMILES string of the molecule is O=C(NC1CC2CCCC(C1)N2Cc1ccccc1)c1sc2ccccc2c1Cl. The highest BCUT2D eigenvalue weighted by Crippen LogP contribution is 2.37. The summed E-state index contributed by atoms with van der Waals surface area (Å²) in [6, 6.07) is 20.0. The van der Waals surface area contributed by atoms with E-state index in [0.29, 0.717) is 22.0 Å². The number of hydrogen-bond acceptors (Lipinski definition) is 3. The lowest BCUT2D eigenvalue weighted by molar-refractivity contribution is 0.0177. The van der Waals surface area contributed by atoms with E-state index in [-0.39, 0.29) is 11.9 Å². The molecule has 0 radical (unpaired) electrons. The molecule has 2 bridgehead atoms. The number of piperidine rings is 2. The number of carbonyl (C=O) groups is 1. The number of nitrogens with one attached hydrogen (secondary N) is 1. The Balaban J connectivity index is 1.29. The molecule has 150 valence electrons. The first-order chi connectivity index (χ1) is 14.2. The largest absolute Gasteiger partial charge is 0.348 e. The van der Waals surface area contributed by atoms with Crippen molar-refractivity contribution < 1.29 is 4.79 Å². The molecule has 3 aromatic rings. The Morgan fingerprint density at radius 3 is 2.45 bits per heavy atom. The zero-order valence-electron chi connectivity index (χ0n) is 16.3. The van der Waals surface area contributed by atoms with Crippen molar-refractivity contribution in [2.75, 3.05) is 0 Å². The molecule has 1 N–H and O–H groups in total. The highest BCUT2D eigenvalue weighted by Gasteiger charge is 2.38. The molecule has 0 spiro atoms. The number of rotatable bonds is 4. The number of nitrogens with zero attached hydrogens (tertiary/aromatic N) is 1. The van der Waals surface area contributed by atoms with Gasteiger partial charge in [0.25, 0.3) is 5.91 Å². The predicted molar refractivity (Wildman–Crippen MR) is 121 cm³/mol. The summed E-state index contributed by atoms with van der Waals surface area (Å²) in [5.74, 6) is -0.0178. The first-order valence-corrected chi connectivity index (χ1v) is 11.7. The Bertz CT molecular complexity index is 1000. The van der Waals surface area contributed by atoms with Crippen molar-refractivity contribution in [2.24, 2.45) is 0 Å². The smallest absolute Gasteiger partial charge is 0.263 e. The molecule has 3 heterocycles. The van der Waals surface area contributed by atoms with E-state index in [9.17, 15) is 4.79 Å². The van der Waals surface area contributed by atoms with E-state index in [1.165, 1.54) is 36.2 Å². The number of amides is 1. The maximum atomic E-state index is 13.0. The van der Waals surface area contributed by atoms with Gasteiger partial charge in [-0.15, -0.1) is 11.3 Å². The Morgan fingerprint density at radius 1 is 1.03 bits per heavy atom. The van der Waals surface area contributed by atoms with Crippen LogP contribution >= 0.6 is 22.9 Å². The van der Waals surface area contributed by atoms with E-state index in [0.717, 1.165) is 29.5 Å². The Kier molecular flexibility index (Phi) is 5.33. The van der Waals surface area contributed by atoms with E-state index in [2.05, 4.69) is 40.5 Å². The molecule has 5 rings (SSSR count). The van der Waals surface area contributed by atoms with Gasteiger partial charge in [0.2, 0.25) is 0 Å². The summed E-state index contributed by atoms with van der Waals surface area (Å²) < 4.78 is 1.07. The third-order valence-electron chi connectivity index (χ3n) is 6.41. The van der Waals surface area contributed by atoms with Crippen LogP contribution in [0.1, 0.15) is 47.3 Å². The van der Waals surface area contributed by atoms with E-state index in [1.54, 1.807) is 0 Å². The molecule has 2 aliphatic heterocycles. The van der Waals surface area contributed by atoms with Crippen molar-refractivity contribution in [3.05, 3.63) is 70.1 Å². The number of thiophene rings is 1. The summed E-state index contributed by atoms with van der Waals surface area (Å²) >= 11 is 8.01. The van der Waals surface area contributed by atoms with Gasteiger partial charge in [0.1, 0.15) is 4.88 Å². The lowest BCUT2D eigenvalue weighted by Crippen LogP contribution is -2.56. The van der Waals surface area contributed by atoms with Crippen LogP contribution in [-0.4, -0.2) is 28.9 Å². The Labute approximate surface area is 180 Å². The van der Waals surface area contributed by atoms with Crippen molar-refractivity contribution in [1.29, 1.82) is 0 Å². The third-order valence-corrected chi connectivity index (χ3v) is 8.08. The van der Waals surface area contributed by atoms with Gasteiger partial charge in [-0.25, -0.2) is 0 Å².